The topological polar surface area (TPSA) is 57.9 Å². The van der Waals surface area contributed by atoms with Gasteiger partial charge < -0.3 is 0 Å². The Labute approximate surface area is 108 Å². The zero-order valence-electron chi connectivity index (χ0n) is 10.5. The maximum Gasteiger partial charge on any atom is 0.157 e. The van der Waals surface area contributed by atoms with Crippen LogP contribution in [0.5, 0.6) is 0 Å². The van der Waals surface area contributed by atoms with Crippen LogP contribution in [0.1, 0.15) is 42.4 Å². The molecule has 0 N–H and O–H groups in total. The number of nitrogens with zero attached hydrogens (tertiary/aromatic N) is 1. The maximum atomic E-state index is 12.2. The van der Waals surface area contributed by atoms with E-state index in [1.807, 2.05) is 6.92 Å². The van der Waals surface area contributed by atoms with Gasteiger partial charge in [0.2, 0.25) is 0 Å². The smallest absolute Gasteiger partial charge is 0.157 e. The summed E-state index contributed by atoms with van der Waals surface area (Å²) in [5.41, 5.74) is 2.28. The van der Waals surface area contributed by atoms with E-state index in [1.54, 1.807) is 18.2 Å². The highest BCUT2D eigenvalue weighted by Gasteiger charge is 2.28. The summed E-state index contributed by atoms with van der Waals surface area (Å²) in [5, 5.41) is 8.63. The molecular formula is C14H17NO2S. The Balaban J connectivity index is 2.21. The van der Waals surface area contributed by atoms with Gasteiger partial charge in [0.05, 0.1) is 22.6 Å². The summed E-state index contributed by atoms with van der Waals surface area (Å²) in [6.45, 7) is 1.86. The largest absolute Gasteiger partial charge is 0.228 e. The number of benzene rings is 1. The highest BCUT2D eigenvalue weighted by molar-refractivity contribution is 7.91. The maximum absolute atomic E-state index is 12.2. The molecule has 1 saturated carbocycles. The third-order valence-corrected chi connectivity index (χ3v) is 5.84. The molecule has 18 heavy (non-hydrogen) atoms. The number of rotatable bonds is 3. The average molecular weight is 263 g/mol. The van der Waals surface area contributed by atoms with Gasteiger partial charge in [-0.05, 0) is 43.0 Å². The highest BCUT2D eigenvalue weighted by atomic mass is 32.2. The summed E-state index contributed by atoms with van der Waals surface area (Å²) in [6.07, 6.45) is 3.65. The minimum atomic E-state index is -3.04. The first kappa shape index (κ1) is 13.1. The van der Waals surface area contributed by atoms with E-state index in [0.717, 1.165) is 36.8 Å². The van der Waals surface area contributed by atoms with E-state index >= 15 is 0 Å². The monoisotopic (exact) mass is 263 g/mol. The summed E-state index contributed by atoms with van der Waals surface area (Å²) in [4.78, 5) is 0. The van der Waals surface area contributed by atoms with Crippen LogP contribution in [0.4, 0.5) is 0 Å². The van der Waals surface area contributed by atoms with Gasteiger partial charge in [0.25, 0.3) is 0 Å². The summed E-state index contributed by atoms with van der Waals surface area (Å²) >= 11 is 0. The second-order valence-electron chi connectivity index (χ2n) is 4.97. The molecule has 1 aromatic rings. The minimum Gasteiger partial charge on any atom is -0.228 e. The Bertz CT molecular complexity index is 578. The Morgan fingerprint density at radius 3 is 2.56 bits per heavy atom. The van der Waals surface area contributed by atoms with E-state index in [4.69, 9.17) is 5.26 Å². The Kier molecular flexibility index (Phi) is 3.72. The first-order valence-electron chi connectivity index (χ1n) is 6.24. The third-order valence-electron chi connectivity index (χ3n) is 3.64. The molecule has 0 atom stereocenters. The Morgan fingerprint density at radius 1 is 1.33 bits per heavy atom. The normalized spacial score (nSPS) is 16.7. The molecule has 1 fully saturated rings. The van der Waals surface area contributed by atoms with E-state index in [9.17, 15) is 8.42 Å². The fourth-order valence-corrected chi connectivity index (χ4v) is 4.55. The van der Waals surface area contributed by atoms with Gasteiger partial charge in [-0.2, -0.15) is 5.26 Å². The predicted molar refractivity (Wildman–Crippen MR) is 70.8 cm³/mol. The van der Waals surface area contributed by atoms with Crippen molar-refractivity contribution in [2.75, 3.05) is 0 Å². The summed E-state index contributed by atoms with van der Waals surface area (Å²) < 4.78 is 24.5. The van der Waals surface area contributed by atoms with E-state index in [2.05, 4.69) is 6.07 Å². The van der Waals surface area contributed by atoms with Gasteiger partial charge >= 0.3 is 0 Å². The van der Waals surface area contributed by atoms with Crippen LogP contribution < -0.4 is 0 Å². The van der Waals surface area contributed by atoms with Crippen molar-refractivity contribution >= 4 is 9.84 Å². The van der Waals surface area contributed by atoms with Gasteiger partial charge in [0.15, 0.2) is 9.84 Å². The molecule has 0 amide bonds. The van der Waals surface area contributed by atoms with E-state index in [1.165, 1.54) is 0 Å². The summed E-state index contributed by atoms with van der Waals surface area (Å²) in [6, 6.07) is 7.26. The highest BCUT2D eigenvalue weighted by Crippen LogP contribution is 2.27. The van der Waals surface area contributed by atoms with Crippen molar-refractivity contribution in [2.24, 2.45) is 0 Å². The predicted octanol–water partition coefficient (Wildman–Crippen LogP) is 2.72. The number of hydrogen-bond acceptors (Lipinski definition) is 3. The van der Waals surface area contributed by atoms with Crippen molar-refractivity contribution in [1.82, 2.24) is 0 Å². The van der Waals surface area contributed by atoms with Crippen molar-refractivity contribution in [3.63, 3.8) is 0 Å². The van der Waals surface area contributed by atoms with Crippen LogP contribution in [-0.2, 0) is 15.6 Å². The second kappa shape index (κ2) is 5.11. The molecule has 0 spiro atoms. The third kappa shape index (κ3) is 2.73. The van der Waals surface area contributed by atoms with Crippen LogP contribution in [0.25, 0.3) is 0 Å². The molecular weight excluding hydrogens is 246 g/mol. The molecule has 0 aliphatic heterocycles. The van der Waals surface area contributed by atoms with E-state index in [-0.39, 0.29) is 11.0 Å². The molecule has 96 valence electrons. The molecule has 4 heteroatoms. The minimum absolute atomic E-state index is 0.106. The van der Waals surface area contributed by atoms with Gasteiger partial charge in [-0.3, -0.25) is 0 Å². The van der Waals surface area contributed by atoms with Crippen molar-refractivity contribution in [1.29, 1.82) is 5.26 Å². The zero-order valence-corrected chi connectivity index (χ0v) is 11.3. The number of sulfone groups is 1. The van der Waals surface area contributed by atoms with Crippen LogP contribution in [0, 0.1) is 18.3 Å². The lowest BCUT2D eigenvalue weighted by atomic mass is 10.1. The SMILES string of the molecule is Cc1cc(C#N)ccc1CS(=O)(=O)C1CCCC1. The van der Waals surface area contributed by atoms with Crippen LogP contribution in [-0.4, -0.2) is 13.7 Å². The number of nitriles is 1. The van der Waals surface area contributed by atoms with Crippen molar-refractivity contribution in [3.8, 4) is 6.07 Å². The molecule has 0 unspecified atom stereocenters. The van der Waals surface area contributed by atoms with Crippen LogP contribution in [0.3, 0.4) is 0 Å². The van der Waals surface area contributed by atoms with Gasteiger partial charge in [-0.15, -0.1) is 0 Å². The summed E-state index contributed by atoms with van der Waals surface area (Å²) in [7, 11) is -3.04. The lowest BCUT2D eigenvalue weighted by Gasteiger charge is -2.12. The van der Waals surface area contributed by atoms with Gasteiger partial charge in [0, 0.05) is 0 Å². The zero-order chi connectivity index (χ0) is 13.2. The van der Waals surface area contributed by atoms with Gasteiger partial charge in [-0.25, -0.2) is 8.42 Å². The fraction of sp³-hybridized carbons (Fsp3) is 0.500. The Morgan fingerprint density at radius 2 is 2.00 bits per heavy atom. The second-order valence-corrected chi connectivity index (χ2v) is 7.25. The standard InChI is InChI=1S/C14H17NO2S/c1-11-8-12(9-15)6-7-13(11)10-18(16,17)14-4-2-3-5-14/h6-8,14H,2-5,10H2,1H3. The molecule has 0 saturated heterocycles. The summed E-state index contributed by atoms with van der Waals surface area (Å²) in [5.74, 6) is 0.106. The molecule has 1 aliphatic carbocycles. The van der Waals surface area contributed by atoms with Crippen molar-refractivity contribution in [2.45, 2.75) is 43.6 Å². The fourth-order valence-electron chi connectivity index (χ4n) is 2.51. The Hall–Kier alpha value is -1.34. The van der Waals surface area contributed by atoms with Gasteiger partial charge in [0.1, 0.15) is 0 Å². The number of aryl methyl sites for hydroxylation is 1. The number of hydrogen-bond donors (Lipinski definition) is 0. The lowest BCUT2D eigenvalue weighted by Crippen LogP contribution is -2.20. The molecule has 0 heterocycles. The van der Waals surface area contributed by atoms with Crippen LogP contribution in [0.15, 0.2) is 18.2 Å². The van der Waals surface area contributed by atoms with E-state index < -0.39 is 9.84 Å². The lowest BCUT2D eigenvalue weighted by molar-refractivity contribution is 0.578. The average Bonchev–Trinajstić information content (AvgIpc) is 2.86. The molecule has 1 aliphatic rings. The van der Waals surface area contributed by atoms with Crippen molar-refractivity contribution in [3.05, 3.63) is 34.9 Å². The molecule has 0 aromatic heterocycles. The molecule has 0 radical (unpaired) electrons. The molecule has 0 bridgehead atoms. The molecule has 3 nitrogen and oxygen atoms in total. The quantitative estimate of drug-likeness (QED) is 0.842. The van der Waals surface area contributed by atoms with Crippen LogP contribution in [0.2, 0.25) is 0 Å². The van der Waals surface area contributed by atoms with E-state index in [0.29, 0.717) is 5.56 Å². The molecule has 2 rings (SSSR count). The first-order chi connectivity index (χ1) is 8.53. The van der Waals surface area contributed by atoms with Gasteiger partial charge in [-0.1, -0.05) is 18.9 Å². The molecule has 1 aromatic carbocycles. The van der Waals surface area contributed by atoms with Crippen molar-refractivity contribution < 1.29 is 8.42 Å². The first-order valence-corrected chi connectivity index (χ1v) is 7.95. The van der Waals surface area contributed by atoms with Crippen LogP contribution >= 0.6 is 0 Å².